The fraction of sp³-hybridized carbons (Fsp3) is 0.600. The van der Waals surface area contributed by atoms with Crippen LogP contribution in [0.3, 0.4) is 0 Å². The van der Waals surface area contributed by atoms with Crippen LogP contribution in [0.4, 0.5) is 9.59 Å². The first-order valence-electron chi connectivity index (χ1n) is 7.83. The van der Waals surface area contributed by atoms with Crippen LogP contribution in [-0.4, -0.2) is 71.3 Å². The Morgan fingerprint density at radius 1 is 0.889 bits per heavy atom. The number of ether oxygens (including phenoxy) is 8. The predicted molar refractivity (Wildman–Crippen MR) is 90.4 cm³/mol. The Kier molecular flexibility index (Phi) is 6.58. The highest BCUT2D eigenvalue weighted by Crippen LogP contribution is 2.30. The maximum Gasteiger partial charge on any atom is 0.513 e. The van der Waals surface area contributed by atoms with E-state index in [4.69, 9.17) is 37.9 Å². The summed E-state index contributed by atoms with van der Waals surface area (Å²) in [6.07, 6.45) is -3.53. The Bertz CT molecular complexity index is 574. The van der Waals surface area contributed by atoms with Gasteiger partial charge in [0, 0.05) is 14.2 Å². The third-order valence-corrected chi connectivity index (χ3v) is 3.95. The van der Waals surface area contributed by atoms with Crippen LogP contribution in [0, 0.1) is 0 Å². The minimum atomic E-state index is -1.20. The molecule has 0 N–H and O–H groups in total. The summed E-state index contributed by atoms with van der Waals surface area (Å²) in [7, 11) is 5.69. The zero-order valence-corrected chi connectivity index (χ0v) is 15.5. The van der Waals surface area contributed by atoms with Gasteiger partial charge < -0.3 is 37.9 Å². The molecule has 2 fully saturated rings. The van der Waals surface area contributed by atoms with Crippen LogP contribution in [0.5, 0.6) is 0 Å². The lowest BCUT2D eigenvalue weighted by molar-refractivity contribution is -0.192. The zero-order chi connectivity index (χ0) is 20.2. The van der Waals surface area contributed by atoms with Crippen molar-refractivity contribution in [1.82, 2.24) is 0 Å². The van der Waals surface area contributed by atoms with E-state index in [1.54, 1.807) is 13.8 Å². The van der Waals surface area contributed by atoms with Gasteiger partial charge in [-0.15, -0.1) is 0 Å². The predicted octanol–water partition coefficient (Wildman–Crippen LogP) is 1.04. The molecule has 2 radical (unpaired) electrons. The van der Waals surface area contributed by atoms with Gasteiger partial charge in [-0.3, -0.25) is 0 Å². The highest BCUT2D eigenvalue weighted by atomic mass is 16.8. The number of cyclic esters (lactones) is 4. The average Bonchev–Trinajstić information content (AvgIpc) is 2.98. The van der Waals surface area contributed by atoms with Gasteiger partial charge in [-0.2, -0.15) is 0 Å². The van der Waals surface area contributed by atoms with Crippen LogP contribution in [0.15, 0.2) is 24.7 Å². The fourth-order valence-corrected chi connectivity index (χ4v) is 2.22. The van der Waals surface area contributed by atoms with Crippen LogP contribution in [-0.2, 0) is 37.9 Å². The van der Waals surface area contributed by atoms with Crippen molar-refractivity contribution < 1.29 is 47.5 Å². The number of carbonyl (C=O) groups excluding carboxylic acids is 2. The Morgan fingerprint density at radius 2 is 1.26 bits per heavy atom. The Balaban J connectivity index is 1.83. The van der Waals surface area contributed by atoms with Crippen molar-refractivity contribution in [2.45, 2.75) is 37.2 Å². The van der Waals surface area contributed by atoms with E-state index in [1.165, 1.54) is 28.8 Å². The van der Waals surface area contributed by atoms with Crippen LogP contribution in [0.1, 0.15) is 13.8 Å². The van der Waals surface area contributed by atoms with Gasteiger partial charge in [0.2, 0.25) is 0 Å². The normalized spacial score (nSPS) is 29.5. The molecule has 0 amide bonds. The summed E-state index contributed by atoms with van der Waals surface area (Å²) in [5.74, 6) is 0.216. The van der Waals surface area contributed by atoms with E-state index in [1.807, 2.05) is 0 Å². The first-order valence-corrected chi connectivity index (χ1v) is 7.83. The lowest BCUT2D eigenvalue weighted by Crippen LogP contribution is -2.45. The molecule has 2 rings (SSSR count). The molecule has 0 aromatic heterocycles. The molecule has 0 saturated carbocycles. The van der Waals surface area contributed by atoms with E-state index >= 15 is 0 Å². The molecular formula is C15H20B2O10. The molecule has 0 bridgehead atoms. The second-order valence-corrected chi connectivity index (χ2v) is 5.96. The van der Waals surface area contributed by atoms with Crippen molar-refractivity contribution in [3.05, 3.63) is 24.7 Å². The molecule has 0 spiro atoms. The van der Waals surface area contributed by atoms with Crippen molar-refractivity contribution in [3.8, 4) is 0 Å². The van der Waals surface area contributed by atoms with Crippen LogP contribution < -0.4 is 0 Å². The standard InChI is InChI=1S/C15H20B2O10/c1-8-14(3,26-12(18)24-8)16-10(20-5)22-7-23-11(21-6)17-15(4)9(2)25-13(19)27-15/h10-11H,1-2,7H2,3-6H3. The third kappa shape index (κ3) is 5.04. The second-order valence-electron chi connectivity index (χ2n) is 5.96. The minimum Gasteiger partial charge on any atom is -0.429 e. The van der Waals surface area contributed by atoms with Crippen LogP contribution in [0.25, 0.3) is 0 Å². The highest BCUT2D eigenvalue weighted by Gasteiger charge is 2.46. The summed E-state index contributed by atoms with van der Waals surface area (Å²) < 4.78 is 40.8. The molecule has 27 heavy (non-hydrogen) atoms. The first kappa shape index (κ1) is 21.3. The lowest BCUT2D eigenvalue weighted by Gasteiger charge is -2.27. The Morgan fingerprint density at radius 3 is 1.52 bits per heavy atom. The maximum atomic E-state index is 11.2. The van der Waals surface area contributed by atoms with Crippen LogP contribution >= 0.6 is 0 Å². The van der Waals surface area contributed by atoms with E-state index < -0.39 is 35.7 Å². The molecule has 0 aromatic carbocycles. The smallest absolute Gasteiger partial charge is 0.429 e. The van der Waals surface area contributed by atoms with Crippen molar-refractivity contribution in [2.75, 3.05) is 21.0 Å². The molecule has 2 aliphatic heterocycles. The molecule has 12 heteroatoms. The summed E-state index contributed by atoms with van der Waals surface area (Å²) in [5.41, 5.74) is -2.41. The molecule has 4 unspecified atom stereocenters. The highest BCUT2D eigenvalue weighted by molar-refractivity contribution is 6.42. The topological polar surface area (TPSA) is 108 Å². The quantitative estimate of drug-likeness (QED) is 0.309. The lowest BCUT2D eigenvalue weighted by atomic mass is 9.59. The minimum absolute atomic E-state index is 0.108. The summed E-state index contributed by atoms with van der Waals surface area (Å²) in [6.45, 7) is 10.1. The van der Waals surface area contributed by atoms with Gasteiger partial charge in [-0.1, -0.05) is 13.2 Å². The molecule has 2 aliphatic rings. The Labute approximate surface area is 158 Å². The monoisotopic (exact) mass is 382 g/mol. The van der Waals surface area contributed by atoms with Gasteiger partial charge in [0.1, 0.15) is 34.9 Å². The van der Waals surface area contributed by atoms with Gasteiger partial charge in [-0.05, 0) is 13.8 Å². The Hall–Kier alpha value is -2.01. The van der Waals surface area contributed by atoms with Gasteiger partial charge in [0.15, 0.2) is 6.79 Å². The van der Waals surface area contributed by atoms with Crippen molar-refractivity contribution in [1.29, 1.82) is 0 Å². The zero-order valence-electron chi connectivity index (χ0n) is 15.5. The molecule has 2 heterocycles. The van der Waals surface area contributed by atoms with E-state index in [0.717, 1.165) is 0 Å². The van der Waals surface area contributed by atoms with E-state index in [2.05, 4.69) is 13.2 Å². The second kappa shape index (κ2) is 8.34. The summed E-state index contributed by atoms with van der Waals surface area (Å²) in [4.78, 5) is 22.4. The molecule has 2 saturated heterocycles. The number of carbonyl (C=O) groups is 2. The SMILES string of the molecule is C=C1OC(=O)OC1(C)[B]C(OC)OCOC([B]C1(C)OC(=O)OC1=C)OC. The summed E-state index contributed by atoms with van der Waals surface area (Å²) >= 11 is 0. The van der Waals surface area contributed by atoms with Crippen molar-refractivity contribution in [2.24, 2.45) is 0 Å². The largest absolute Gasteiger partial charge is 0.513 e. The van der Waals surface area contributed by atoms with E-state index in [9.17, 15) is 9.59 Å². The molecule has 0 aromatic rings. The molecular weight excluding hydrogens is 362 g/mol. The third-order valence-electron chi connectivity index (χ3n) is 3.95. The van der Waals surface area contributed by atoms with Crippen molar-refractivity contribution in [3.63, 3.8) is 0 Å². The first-order chi connectivity index (χ1) is 12.6. The fourth-order valence-electron chi connectivity index (χ4n) is 2.22. The number of rotatable bonds is 10. The van der Waals surface area contributed by atoms with Gasteiger partial charge in [0.05, 0.1) is 0 Å². The van der Waals surface area contributed by atoms with Crippen molar-refractivity contribution >= 4 is 26.9 Å². The summed E-state index contributed by atoms with van der Waals surface area (Å²) in [5, 5.41) is 0. The molecule has 146 valence electrons. The maximum absolute atomic E-state index is 11.2. The molecule has 4 atom stereocenters. The summed E-state index contributed by atoms with van der Waals surface area (Å²) in [6, 6.07) is 0. The number of hydrogen-bond donors (Lipinski definition) is 0. The molecule has 0 aliphatic carbocycles. The van der Waals surface area contributed by atoms with E-state index in [-0.39, 0.29) is 18.3 Å². The average molecular weight is 382 g/mol. The number of methoxy groups -OCH3 is 2. The van der Waals surface area contributed by atoms with Gasteiger partial charge >= 0.3 is 12.3 Å². The van der Waals surface area contributed by atoms with Gasteiger partial charge in [0.25, 0.3) is 14.6 Å². The van der Waals surface area contributed by atoms with E-state index in [0.29, 0.717) is 0 Å². The molecule has 10 nitrogen and oxygen atoms in total. The number of hydrogen-bond acceptors (Lipinski definition) is 10. The van der Waals surface area contributed by atoms with Gasteiger partial charge in [-0.25, -0.2) is 9.59 Å². The van der Waals surface area contributed by atoms with Crippen LogP contribution in [0.2, 0.25) is 0 Å².